The highest BCUT2D eigenvalue weighted by Crippen LogP contribution is 2.45. The van der Waals surface area contributed by atoms with E-state index >= 15 is 0 Å². The average molecular weight is 403 g/mol. The van der Waals surface area contributed by atoms with Crippen LogP contribution in [0.15, 0.2) is 23.3 Å². The maximum Gasteiger partial charge on any atom is 0.114 e. The predicted molar refractivity (Wildman–Crippen MR) is 107 cm³/mol. The first-order valence-corrected chi connectivity index (χ1v) is 10.0. The Labute approximate surface area is 168 Å². The molecule has 0 aromatic rings. The number of aliphatic hydroxyl groups excluding tert-OH is 6. The van der Waals surface area contributed by atoms with Crippen LogP contribution in [0.2, 0.25) is 0 Å². The summed E-state index contributed by atoms with van der Waals surface area (Å²) >= 11 is 0. The van der Waals surface area contributed by atoms with Gasteiger partial charge in [-0.05, 0) is 49.5 Å². The molecule has 0 amide bonds. The van der Waals surface area contributed by atoms with E-state index in [1.165, 1.54) is 5.57 Å². The highest BCUT2D eigenvalue weighted by molar-refractivity contribution is 5.17. The number of hydrogen-bond acceptors (Lipinski definition) is 7. The molecule has 6 N–H and O–H groups in total. The van der Waals surface area contributed by atoms with Crippen molar-refractivity contribution in [2.24, 2.45) is 11.3 Å². The first-order valence-electron chi connectivity index (χ1n) is 10.0. The van der Waals surface area contributed by atoms with Gasteiger partial charge in [-0.15, -0.1) is 0 Å². The molecule has 0 spiro atoms. The Hall–Kier alpha value is -0.800. The Morgan fingerprint density at radius 2 is 1.86 bits per heavy atom. The van der Waals surface area contributed by atoms with Crippen molar-refractivity contribution in [3.05, 3.63) is 23.3 Å². The van der Waals surface area contributed by atoms with E-state index in [1.54, 1.807) is 6.08 Å². The Kier molecular flexibility index (Phi) is 10.8. The molecule has 0 aromatic heterocycles. The molecule has 0 fully saturated rings. The van der Waals surface area contributed by atoms with Crippen LogP contribution >= 0.6 is 0 Å². The lowest BCUT2D eigenvalue weighted by molar-refractivity contribution is -0.144. The van der Waals surface area contributed by atoms with Crippen LogP contribution in [0, 0.1) is 11.3 Å². The van der Waals surface area contributed by atoms with E-state index in [9.17, 15) is 20.4 Å². The van der Waals surface area contributed by atoms with Crippen molar-refractivity contribution in [1.82, 2.24) is 0 Å². The standard InChI is InChI=1S/C21H38O7/c1-14-5-4-6-15(2)21(14,3)9-7-16(11-22)8-10-28-20(18(26)13-24)19(27)17(25)12-23/h5,8,15,17-20,22-27H,4,6-7,9-13H2,1-3H3. The molecule has 0 bridgehead atoms. The maximum atomic E-state index is 9.98. The molecule has 7 heteroatoms. The average Bonchev–Trinajstić information content (AvgIpc) is 2.70. The van der Waals surface area contributed by atoms with Crippen LogP contribution in [0.3, 0.4) is 0 Å². The summed E-state index contributed by atoms with van der Waals surface area (Å²) in [7, 11) is 0. The monoisotopic (exact) mass is 402 g/mol. The van der Waals surface area contributed by atoms with Crippen LogP contribution in [-0.2, 0) is 4.74 Å². The van der Waals surface area contributed by atoms with Gasteiger partial charge in [-0.2, -0.15) is 0 Å². The highest BCUT2D eigenvalue weighted by Gasteiger charge is 2.34. The van der Waals surface area contributed by atoms with Gasteiger partial charge in [0.2, 0.25) is 0 Å². The molecule has 0 aromatic carbocycles. The number of allylic oxidation sites excluding steroid dienone is 2. The zero-order valence-electron chi connectivity index (χ0n) is 17.3. The lowest BCUT2D eigenvalue weighted by Crippen LogP contribution is -2.48. The van der Waals surface area contributed by atoms with Crippen molar-refractivity contribution in [3.8, 4) is 0 Å². The molecule has 0 heterocycles. The van der Waals surface area contributed by atoms with Crippen molar-refractivity contribution >= 4 is 0 Å². The predicted octanol–water partition coefficient (Wildman–Crippen LogP) is 0.520. The summed E-state index contributed by atoms with van der Waals surface area (Å²) in [6, 6.07) is 0. The molecule has 28 heavy (non-hydrogen) atoms. The summed E-state index contributed by atoms with van der Waals surface area (Å²) in [4.78, 5) is 0. The number of rotatable bonds is 12. The van der Waals surface area contributed by atoms with Gasteiger partial charge in [0.25, 0.3) is 0 Å². The Balaban J connectivity index is 2.70. The van der Waals surface area contributed by atoms with Crippen molar-refractivity contribution < 1.29 is 35.4 Å². The van der Waals surface area contributed by atoms with Gasteiger partial charge in [-0.1, -0.05) is 31.6 Å². The van der Waals surface area contributed by atoms with Gasteiger partial charge in [0.15, 0.2) is 0 Å². The summed E-state index contributed by atoms with van der Waals surface area (Å²) in [6.07, 6.45) is 2.14. The minimum absolute atomic E-state index is 0.00603. The second-order valence-electron chi connectivity index (χ2n) is 8.09. The van der Waals surface area contributed by atoms with Gasteiger partial charge in [-0.25, -0.2) is 0 Å². The van der Waals surface area contributed by atoms with Crippen LogP contribution in [0.25, 0.3) is 0 Å². The van der Waals surface area contributed by atoms with E-state index in [2.05, 4.69) is 26.8 Å². The normalized spacial score (nSPS) is 27.8. The fourth-order valence-electron chi connectivity index (χ4n) is 3.74. The molecule has 0 radical (unpaired) electrons. The van der Waals surface area contributed by atoms with Crippen LogP contribution in [0.5, 0.6) is 0 Å². The van der Waals surface area contributed by atoms with Crippen molar-refractivity contribution in [3.63, 3.8) is 0 Å². The van der Waals surface area contributed by atoms with Gasteiger partial charge in [0, 0.05) is 0 Å². The van der Waals surface area contributed by atoms with E-state index in [0.717, 1.165) is 24.8 Å². The molecule has 0 saturated carbocycles. The molecule has 6 atom stereocenters. The summed E-state index contributed by atoms with van der Waals surface area (Å²) in [5.41, 5.74) is 2.26. The third kappa shape index (κ3) is 6.62. The van der Waals surface area contributed by atoms with Crippen LogP contribution in [0.1, 0.15) is 46.5 Å². The Morgan fingerprint density at radius 3 is 2.39 bits per heavy atom. The topological polar surface area (TPSA) is 131 Å². The number of aliphatic hydroxyl groups is 6. The molecule has 0 saturated heterocycles. The largest absolute Gasteiger partial charge is 0.394 e. The first kappa shape index (κ1) is 25.2. The van der Waals surface area contributed by atoms with Crippen molar-refractivity contribution in [2.45, 2.75) is 70.9 Å². The zero-order valence-corrected chi connectivity index (χ0v) is 17.3. The van der Waals surface area contributed by atoms with Gasteiger partial charge in [0.05, 0.1) is 26.4 Å². The summed E-state index contributed by atoms with van der Waals surface area (Å²) in [5, 5.41) is 57.1. The van der Waals surface area contributed by atoms with Crippen molar-refractivity contribution in [1.29, 1.82) is 0 Å². The molecule has 0 aliphatic heterocycles. The molecular weight excluding hydrogens is 364 g/mol. The van der Waals surface area contributed by atoms with Crippen LogP contribution < -0.4 is 0 Å². The smallest absolute Gasteiger partial charge is 0.114 e. The van der Waals surface area contributed by atoms with Gasteiger partial charge < -0.3 is 35.4 Å². The molecule has 1 aliphatic carbocycles. The molecular formula is C21H38O7. The van der Waals surface area contributed by atoms with E-state index in [-0.39, 0.29) is 18.6 Å². The van der Waals surface area contributed by atoms with Crippen LogP contribution in [-0.4, -0.2) is 81.5 Å². The minimum atomic E-state index is -1.55. The third-order valence-corrected chi connectivity index (χ3v) is 6.35. The Bertz CT molecular complexity index is 519. The van der Waals surface area contributed by atoms with E-state index in [1.807, 2.05) is 0 Å². The number of hydrogen-bond donors (Lipinski definition) is 6. The lowest BCUT2D eigenvalue weighted by atomic mass is 9.65. The van der Waals surface area contributed by atoms with Gasteiger partial charge in [-0.3, -0.25) is 0 Å². The summed E-state index contributed by atoms with van der Waals surface area (Å²) < 4.78 is 5.44. The quantitative estimate of drug-likeness (QED) is 0.262. The van der Waals surface area contributed by atoms with E-state index in [0.29, 0.717) is 12.3 Å². The highest BCUT2D eigenvalue weighted by atomic mass is 16.5. The second-order valence-corrected chi connectivity index (χ2v) is 8.09. The second kappa shape index (κ2) is 12.0. The maximum absolute atomic E-state index is 9.98. The van der Waals surface area contributed by atoms with E-state index in [4.69, 9.17) is 14.9 Å². The van der Waals surface area contributed by atoms with Crippen molar-refractivity contribution in [2.75, 3.05) is 26.4 Å². The SMILES string of the molecule is CC1=CCCC(C)C1(C)CCC(=CCOC(C(O)CO)C(O)C(O)CO)CO. The minimum Gasteiger partial charge on any atom is -0.394 e. The Morgan fingerprint density at radius 1 is 1.21 bits per heavy atom. The first-order chi connectivity index (χ1) is 13.2. The molecule has 1 rings (SSSR count). The fourth-order valence-corrected chi connectivity index (χ4v) is 3.74. The van der Waals surface area contributed by atoms with Crippen LogP contribution in [0.4, 0.5) is 0 Å². The molecule has 164 valence electrons. The molecule has 6 unspecified atom stereocenters. The zero-order chi connectivity index (χ0) is 21.3. The lowest BCUT2D eigenvalue weighted by Gasteiger charge is -2.40. The number of ether oxygens (including phenoxy) is 1. The summed E-state index contributed by atoms with van der Waals surface area (Å²) in [6.45, 7) is 5.21. The van der Waals surface area contributed by atoms with E-state index < -0.39 is 37.6 Å². The van der Waals surface area contributed by atoms with Gasteiger partial charge >= 0.3 is 0 Å². The summed E-state index contributed by atoms with van der Waals surface area (Å²) in [5.74, 6) is 0.563. The molecule has 7 nitrogen and oxygen atoms in total. The molecule has 1 aliphatic rings. The van der Waals surface area contributed by atoms with Gasteiger partial charge in [0.1, 0.15) is 24.4 Å². The third-order valence-electron chi connectivity index (χ3n) is 6.35. The fraction of sp³-hybridized carbons (Fsp3) is 0.810.